The van der Waals surface area contributed by atoms with Gasteiger partial charge in [-0.05, 0) is 6.92 Å². The molecule has 0 aliphatic carbocycles. The molecule has 2 aromatic rings. The second kappa shape index (κ2) is 3.56. The van der Waals surface area contributed by atoms with E-state index in [-0.39, 0.29) is 6.03 Å². The van der Waals surface area contributed by atoms with Crippen LogP contribution in [0.1, 0.15) is 5.69 Å². The van der Waals surface area contributed by atoms with Gasteiger partial charge in [0.05, 0.1) is 11.4 Å². The summed E-state index contributed by atoms with van der Waals surface area (Å²) in [5, 5.41) is 6.86. The number of nitrogens with one attached hydrogen (secondary N) is 1. The molecule has 2 heterocycles. The Kier molecular flexibility index (Phi) is 2.24. The van der Waals surface area contributed by atoms with Crippen molar-refractivity contribution in [2.24, 2.45) is 7.05 Å². The van der Waals surface area contributed by atoms with E-state index in [2.05, 4.69) is 15.4 Å². The van der Waals surface area contributed by atoms with E-state index >= 15 is 0 Å². The highest BCUT2D eigenvalue weighted by Gasteiger charge is 2.08. The van der Waals surface area contributed by atoms with Crippen LogP contribution < -0.4 is 5.32 Å². The number of imidazole rings is 1. The highest BCUT2D eigenvalue weighted by atomic mass is 16.2. The predicted octanol–water partition coefficient (Wildman–Crippen LogP) is 1.01. The van der Waals surface area contributed by atoms with Crippen molar-refractivity contribution in [2.75, 3.05) is 5.32 Å². The van der Waals surface area contributed by atoms with Gasteiger partial charge in [-0.3, -0.25) is 9.25 Å². The minimum atomic E-state index is -0.247. The Balaban J connectivity index is 2.16. The lowest BCUT2D eigenvalue weighted by Crippen LogP contribution is -2.17. The number of rotatable bonds is 1. The summed E-state index contributed by atoms with van der Waals surface area (Å²) < 4.78 is 3.02. The summed E-state index contributed by atoms with van der Waals surface area (Å²) in [6.07, 6.45) is 6.34. The van der Waals surface area contributed by atoms with Crippen molar-refractivity contribution in [3.63, 3.8) is 0 Å². The van der Waals surface area contributed by atoms with Crippen molar-refractivity contribution < 1.29 is 4.79 Å². The topological polar surface area (TPSA) is 64.7 Å². The Hall–Kier alpha value is -2.11. The number of amides is 1. The summed E-state index contributed by atoms with van der Waals surface area (Å²) in [7, 11) is 1.81. The third-order valence-corrected chi connectivity index (χ3v) is 1.99. The van der Waals surface area contributed by atoms with Gasteiger partial charge in [0.1, 0.15) is 6.33 Å². The smallest absolute Gasteiger partial charge is 0.304 e. The van der Waals surface area contributed by atoms with E-state index < -0.39 is 0 Å². The highest BCUT2D eigenvalue weighted by Crippen LogP contribution is 2.11. The molecule has 0 saturated carbocycles. The summed E-state index contributed by atoms with van der Waals surface area (Å²) >= 11 is 0. The Bertz CT molecular complexity index is 471. The maximum atomic E-state index is 11.6. The minimum Gasteiger partial charge on any atom is -0.304 e. The predicted molar refractivity (Wildman–Crippen MR) is 54.6 cm³/mol. The normalized spacial score (nSPS) is 10.3. The van der Waals surface area contributed by atoms with Crippen molar-refractivity contribution in [1.82, 2.24) is 19.3 Å². The van der Waals surface area contributed by atoms with Crippen LogP contribution in [0.3, 0.4) is 0 Å². The molecule has 78 valence electrons. The molecular formula is C9H11N5O. The van der Waals surface area contributed by atoms with Crippen molar-refractivity contribution in [3.8, 4) is 0 Å². The molecule has 6 heteroatoms. The molecule has 0 spiro atoms. The molecule has 2 aromatic heterocycles. The molecule has 0 aliphatic rings. The fraction of sp³-hybridized carbons (Fsp3) is 0.222. The molecule has 0 unspecified atom stereocenters. The summed E-state index contributed by atoms with van der Waals surface area (Å²) in [4.78, 5) is 15.4. The first kappa shape index (κ1) is 9.45. The Labute approximate surface area is 86.5 Å². The van der Waals surface area contributed by atoms with Gasteiger partial charge in [0.2, 0.25) is 0 Å². The van der Waals surface area contributed by atoms with Gasteiger partial charge in [-0.15, -0.1) is 0 Å². The van der Waals surface area contributed by atoms with Crippen LogP contribution in [0.2, 0.25) is 0 Å². The quantitative estimate of drug-likeness (QED) is 0.755. The first-order valence-corrected chi connectivity index (χ1v) is 4.46. The van der Waals surface area contributed by atoms with Crippen LogP contribution in [0, 0.1) is 6.92 Å². The average molecular weight is 205 g/mol. The van der Waals surface area contributed by atoms with Gasteiger partial charge in [0.15, 0.2) is 0 Å². The Morgan fingerprint density at radius 1 is 1.53 bits per heavy atom. The number of hydrogen-bond acceptors (Lipinski definition) is 3. The number of anilines is 1. The molecule has 0 aliphatic heterocycles. The van der Waals surface area contributed by atoms with E-state index in [9.17, 15) is 4.79 Å². The monoisotopic (exact) mass is 205 g/mol. The molecule has 0 fully saturated rings. The minimum absolute atomic E-state index is 0.247. The van der Waals surface area contributed by atoms with Crippen LogP contribution in [0.15, 0.2) is 24.9 Å². The van der Waals surface area contributed by atoms with Gasteiger partial charge in [-0.2, -0.15) is 5.10 Å². The third kappa shape index (κ3) is 1.88. The summed E-state index contributed by atoms with van der Waals surface area (Å²) in [6, 6.07) is -0.247. The molecule has 0 saturated heterocycles. The fourth-order valence-corrected chi connectivity index (χ4v) is 1.28. The van der Waals surface area contributed by atoms with E-state index in [1.165, 1.54) is 10.9 Å². The zero-order chi connectivity index (χ0) is 10.8. The molecule has 6 nitrogen and oxygen atoms in total. The molecule has 1 N–H and O–H groups in total. The lowest BCUT2D eigenvalue weighted by molar-refractivity contribution is 0.253. The fourth-order valence-electron chi connectivity index (χ4n) is 1.28. The third-order valence-electron chi connectivity index (χ3n) is 1.99. The van der Waals surface area contributed by atoms with E-state index in [0.717, 1.165) is 5.69 Å². The average Bonchev–Trinajstić information content (AvgIpc) is 2.76. The molecular weight excluding hydrogens is 194 g/mol. The van der Waals surface area contributed by atoms with E-state index in [1.54, 1.807) is 30.3 Å². The van der Waals surface area contributed by atoms with Gasteiger partial charge >= 0.3 is 6.03 Å². The highest BCUT2D eigenvalue weighted by molar-refractivity contribution is 5.91. The molecule has 0 bridgehead atoms. The van der Waals surface area contributed by atoms with Crippen LogP contribution >= 0.6 is 0 Å². The maximum absolute atomic E-state index is 11.6. The standard InChI is InChI=1S/C9H11N5O/c1-7-8(5-13(2)12-7)11-9(15)14-4-3-10-6-14/h3-6H,1-2H3,(H,11,15). The molecule has 15 heavy (non-hydrogen) atoms. The first-order chi connectivity index (χ1) is 7.16. The second-order valence-corrected chi connectivity index (χ2v) is 3.20. The number of carbonyl (C=O) groups excluding carboxylic acids is 1. The number of hydrogen-bond donors (Lipinski definition) is 1. The second-order valence-electron chi connectivity index (χ2n) is 3.20. The van der Waals surface area contributed by atoms with Crippen LogP contribution in [0.25, 0.3) is 0 Å². The summed E-state index contributed by atoms with van der Waals surface area (Å²) in [6.45, 7) is 1.84. The van der Waals surface area contributed by atoms with Crippen LogP contribution in [-0.4, -0.2) is 25.4 Å². The SMILES string of the molecule is Cc1nn(C)cc1NC(=O)n1ccnc1. The van der Waals surface area contributed by atoms with Gasteiger partial charge in [-0.25, -0.2) is 9.78 Å². The van der Waals surface area contributed by atoms with Crippen molar-refractivity contribution in [3.05, 3.63) is 30.6 Å². The zero-order valence-corrected chi connectivity index (χ0v) is 8.51. The van der Waals surface area contributed by atoms with E-state index in [4.69, 9.17) is 0 Å². The summed E-state index contributed by atoms with van der Waals surface area (Å²) in [5.74, 6) is 0. The van der Waals surface area contributed by atoms with Crippen LogP contribution in [0.5, 0.6) is 0 Å². The number of carbonyl (C=O) groups is 1. The maximum Gasteiger partial charge on any atom is 0.331 e. The molecule has 0 radical (unpaired) electrons. The molecule has 2 rings (SSSR count). The van der Waals surface area contributed by atoms with E-state index in [1.807, 2.05) is 6.92 Å². The van der Waals surface area contributed by atoms with E-state index in [0.29, 0.717) is 5.69 Å². The Morgan fingerprint density at radius 3 is 2.87 bits per heavy atom. The van der Waals surface area contributed by atoms with Gasteiger partial charge in [0.25, 0.3) is 0 Å². The van der Waals surface area contributed by atoms with Crippen molar-refractivity contribution in [1.29, 1.82) is 0 Å². The first-order valence-electron chi connectivity index (χ1n) is 4.46. The van der Waals surface area contributed by atoms with Crippen molar-refractivity contribution in [2.45, 2.75) is 6.92 Å². The summed E-state index contributed by atoms with van der Waals surface area (Å²) in [5.41, 5.74) is 1.49. The van der Waals surface area contributed by atoms with Crippen LogP contribution in [0.4, 0.5) is 10.5 Å². The number of aryl methyl sites for hydroxylation is 2. The number of aromatic nitrogens is 4. The lowest BCUT2D eigenvalue weighted by Gasteiger charge is -2.02. The molecule has 0 aromatic carbocycles. The van der Waals surface area contributed by atoms with Crippen LogP contribution in [-0.2, 0) is 7.05 Å². The van der Waals surface area contributed by atoms with Gasteiger partial charge in [-0.1, -0.05) is 0 Å². The zero-order valence-electron chi connectivity index (χ0n) is 8.51. The van der Waals surface area contributed by atoms with Gasteiger partial charge in [0, 0.05) is 25.6 Å². The number of nitrogens with zero attached hydrogens (tertiary/aromatic N) is 4. The molecule has 1 amide bonds. The van der Waals surface area contributed by atoms with Gasteiger partial charge < -0.3 is 5.32 Å². The largest absolute Gasteiger partial charge is 0.331 e. The lowest BCUT2D eigenvalue weighted by atomic mass is 10.4. The van der Waals surface area contributed by atoms with Crippen molar-refractivity contribution >= 4 is 11.7 Å². The Morgan fingerprint density at radius 2 is 2.33 bits per heavy atom. The molecule has 0 atom stereocenters.